The summed E-state index contributed by atoms with van der Waals surface area (Å²) in [6, 6.07) is 15.8. The van der Waals surface area contributed by atoms with Gasteiger partial charge in [-0.1, -0.05) is 18.2 Å². The summed E-state index contributed by atoms with van der Waals surface area (Å²) in [6.07, 6.45) is 0. The van der Waals surface area contributed by atoms with Crippen LogP contribution in [0.5, 0.6) is 5.75 Å². The van der Waals surface area contributed by atoms with Crippen molar-refractivity contribution < 1.29 is 9.53 Å². The second kappa shape index (κ2) is 8.24. The van der Waals surface area contributed by atoms with Crippen LogP contribution in [0.3, 0.4) is 0 Å². The number of likely N-dealkylation sites (N-methyl/N-ethyl adjacent to an activating group) is 1. The first-order valence-electron chi connectivity index (χ1n) is 7.88. The Morgan fingerprint density at radius 1 is 1.00 bits per heavy atom. The van der Waals surface area contributed by atoms with Gasteiger partial charge in [0.1, 0.15) is 5.75 Å². The Morgan fingerprint density at radius 2 is 1.62 bits per heavy atom. The van der Waals surface area contributed by atoms with Crippen LogP contribution >= 0.6 is 0 Å². The summed E-state index contributed by atoms with van der Waals surface area (Å²) >= 11 is 0. The topological polar surface area (TPSA) is 44.8 Å². The molecule has 0 aromatic heterocycles. The van der Waals surface area contributed by atoms with Crippen LogP contribution < -0.4 is 19.9 Å². The van der Waals surface area contributed by atoms with Gasteiger partial charge in [-0.05, 0) is 30.3 Å². The Kier molecular flexibility index (Phi) is 6.07. The number of hydrogen-bond donors (Lipinski definition) is 1. The third-order valence-corrected chi connectivity index (χ3v) is 3.86. The molecule has 0 atom stereocenters. The Morgan fingerprint density at radius 3 is 2.25 bits per heavy atom. The monoisotopic (exact) mass is 327 g/mol. The Labute approximate surface area is 143 Å². The number of carbonyl (C=O) groups is 1. The zero-order valence-corrected chi connectivity index (χ0v) is 14.7. The number of nitrogens with one attached hydrogen (secondary N) is 1. The van der Waals surface area contributed by atoms with Crippen LogP contribution in [0.25, 0.3) is 0 Å². The maximum absolute atomic E-state index is 12.2. The largest absolute Gasteiger partial charge is 0.496 e. The minimum Gasteiger partial charge on any atom is -0.496 e. The summed E-state index contributed by atoms with van der Waals surface area (Å²) in [7, 11) is 7.55. The van der Waals surface area contributed by atoms with Crippen LogP contribution in [0.15, 0.2) is 48.5 Å². The van der Waals surface area contributed by atoms with Crippen molar-refractivity contribution in [3.8, 4) is 5.75 Å². The lowest BCUT2D eigenvalue weighted by molar-refractivity contribution is -0.119. The zero-order valence-electron chi connectivity index (χ0n) is 14.7. The SMILES string of the molecule is COc1ccccc1CNC(=O)CN(C)c1ccc(N(C)C)cc1. The molecule has 5 heteroatoms. The Bertz CT molecular complexity index is 669. The van der Waals surface area contributed by atoms with E-state index in [0.717, 1.165) is 22.7 Å². The summed E-state index contributed by atoms with van der Waals surface area (Å²) < 4.78 is 5.29. The molecule has 0 aliphatic heterocycles. The van der Waals surface area contributed by atoms with E-state index in [-0.39, 0.29) is 5.91 Å². The molecule has 0 radical (unpaired) electrons. The highest BCUT2D eigenvalue weighted by Gasteiger charge is 2.09. The summed E-state index contributed by atoms with van der Waals surface area (Å²) in [5.41, 5.74) is 3.10. The van der Waals surface area contributed by atoms with Gasteiger partial charge >= 0.3 is 0 Å². The van der Waals surface area contributed by atoms with Crippen LogP contribution in [0.1, 0.15) is 5.56 Å². The molecule has 0 fully saturated rings. The molecule has 0 heterocycles. The van der Waals surface area contributed by atoms with Crippen LogP contribution in [-0.4, -0.2) is 40.7 Å². The second-order valence-electron chi connectivity index (χ2n) is 5.86. The summed E-state index contributed by atoms with van der Waals surface area (Å²) in [5, 5.41) is 2.94. The van der Waals surface area contributed by atoms with Crippen molar-refractivity contribution in [1.82, 2.24) is 5.32 Å². The quantitative estimate of drug-likeness (QED) is 0.849. The van der Waals surface area contributed by atoms with Crippen molar-refractivity contribution in [2.24, 2.45) is 0 Å². The van der Waals surface area contributed by atoms with Crippen LogP contribution in [-0.2, 0) is 11.3 Å². The highest BCUT2D eigenvalue weighted by molar-refractivity contribution is 5.81. The minimum atomic E-state index is -0.0277. The van der Waals surface area contributed by atoms with E-state index in [1.807, 2.05) is 79.5 Å². The molecule has 0 spiro atoms. The molecule has 0 unspecified atom stereocenters. The van der Waals surface area contributed by atoms with Crippen LogP contribution in [0.4, 0.5) is 11.4 Å². The van der Waals surface area contributed by atoms with Crippen LogP contribution in [0, 0.1) is 0 Å². The van der Waals surface area contributed by atoms with Crippen molar-refractivity contribution in [3.63, 3.8) is 0 Å². The van der Waals surface area contributed by atoms with E-state index in [4.69, 9.17) is 4.74 Å². The van der Waals surface area contributed by atoms with Gasteiger partial charge in [0.25, 0.3) is 0 Å². The van der Waals surface area contributed by atoms with E-state index in [0.29, 0.717) is 13.1 Å². The third-order valence-electron chi connectivity index (χ3n) is 3.86. The van der Waals surface area contributed by atoms with Crippen molar-refractivity contribution in [3.05, 3.63) is 54.1 Å². The minimum absolute atomic E-state index is 0.0277. The molecule has 24 heavy (non-hydrogen) atoms. The number of anilines is 2. The molecule has 1 amide bonds. The highest BCUT2D eigenvalue weighted by Crippen LogP contribution is 2.19. The lowest BCUT2D eigenvalue weighted by atomic mass is 10.2. The average Bonchev–Trinajstić information content (AvgIpc) is 2.60. The van der Waals surface area contributed by atoms with Crippen molar-refractivity contribution in [2.75, 3.05) is 44.6 Å². The molecule has 0 aliphatic rings. The molecule has 5 nitrogen and oxygen atoms in total. The number of nitrogens with zero attached hydrogens (tertiary/aromatic N) is 2. The standard InChI is InChI=1S/C19H25N3O2/c1-21(2)16-9-11-17(12-10-16)22(3)14-19(23)20-13-15-7-5-6-8-18(15)24-4/h5-12H,13-14H2,1-4H3,(H,20,23). The van der Waals surface area contributed by atoms with Crippen molar-refractivity contribution in [2.45, 2.75) is 6.54 Å². The molecule has 0 saturated heterocycles. The van der Waals surface area contributed by atoms with Gasteiger partial charge in [0, 0.05) is 44.6 Å². The molecule has 2 rings (SSSR count). The highest BCUT2D eigenvalue weighted by atomic mass is 16.5. The molecule has 2 aromatic rings. The first-order chi connectivity index (χ1) is 11.5. The van der Waals surface area contributed by atoms with Gasteiger partial charge in [-0.3, -0.25) is 4.79 Å². The lowest BCUT2D eigenvalue weighted by Gasteiger charge is -2.20. The van der Waals surface area contributed by atoms with E-state index in [1.165, 1.54) is 0 Å². The predicted octanol–water partition coefficient (Wildman–Crippen LogP) is 2.51. The number of carbonyl (C=O) groups excluding carboxylic acids is 1. The smallest absolute Gasteiger partial charge is 0.239 e. The molecular weight excluding hydrogens is 302 g/mol. The van der Waals surface area contributed by atoms with Gasteiger partial charge < -0.3 is 19.9 Å². The number of methoxy groups -OCH3 is 1. The van der Waals surface area contributed by atoms with Crippen molar-refractivity contribution >= 4 is 17.3 Å². The first-order valence-corrected chi connectivity index (χ1v) is 7.88. The number of benzene rings is 2. The normalized spacial score (nSPS) is 10.2. The number of para-hydroxylation sites is 1. The number of hydrogen-bond acceptors (Lipinski definition) is 4. The van der Waals surface area contributed by atoms with Crippen LogP contribution in [0.2, 0.25) is 0 Å². The first kappa shape index (κ1) is 17.7. The van der Waals surface area contributed by atoms with E-state index >= 15 is 0 Å². The van der Waals surface area contributed by atoms with E-state index in [2.05, 4.69) is 5.32 Å². The van der Waals surface area contributed by atoms with E-state index < -0.39 is 0 Å². The van der Waals surface area contributed by atoms with E-state index in [9.17, 15) is 4.79 Å². The van der Waals surface area contributed by atoms with Gasteiger partial charge in [0.05, 0.1) is 13.7 Å². The molecule has 0 bridgehead atoms. The molecular formula is C19H25N3O2. The maximum Gasteiger partial charge on any atom is 0.239 e. The zero-order chi connectivity index (χ0) is 17.5. The predicted molar refractivity (Wildman–Crippen MR) is 98.9 cm³/mol. The molecule has 0 saturated carbocycles. The second-order valence-corrected chi connectivity index (χ2v) is 5.86. The molecule has 128 valence electrons. The Balaban J connectivity index is 1.89. The number of ether oxygens (including phenoxy) is 1. The fourth-order valence-corrected chi connectivity index (χ4v) is 2.41. The van der Waals surface area contributed by atoms with Gasteiger partial charge in [-0.2, -0.15) is 0 Å². The fraction of sp³-hybridized carbons (Fsp3) is 0.316. The lowest BCUT2D eigenvalue weighted by Crippen LogP contribution is -2.34. The third kappa shape index (κ3) is 4.65. The summed E-state index contributed by atoms with van der Waals surface area (Å²) in [4.78, 5) is 16.1. The van der Waals surface area contributed by atoms with Gasteiger partial charge in [0.2, 0.25) is 5.91 Å². The van der Waals surface area contributed by atoms with Crippen molar-refractivity contribution in [1.29, 1.82) is 0 Å². The maximum atomic E-state index is 12.2. The summed E-state index contributed by atoms with van der Waals surface area (Å²) in [6.45, 7) is 0.757. The number of amides is 1. The van der Waals surface area contributed by atoms with Gasteiger partial charge in [-0.15, -0.1) is 0 Å². The van der Waals surface area contributed by atoms with Gasteiger partial charge in [0.15, 0.2) is 0 Å². The van der Waals surface area contributed by atoms with Gasteiger partial charge in [-0.25, -0.2) is 0 Å². The number of rotatable bonds is 7. The van der Waals surface area contributed by atoms with E-state index in [1.54, 1.807) is 7.11 Å². The fourth-order valence-electron chi connectivity index (χ4n) is 2.41. The molecule has 2 aromatic carbocycles. The molecule has 0 aliphatic carbocycles. The summed E-state index contributed by atoms with van der Waals surface area (Å²) in [5.74, 6) is 0.755. The average molecular weight is 327 g/mol. The Hall–Kier alpha value is -2.69. The molecule has 1 N–H and O–H groups in total.